The molecule has 0 radical (unpaired) electrons. The van der Waals surface area contributed by atoms with Crippen LogP contribution in [0.15, 0.2) is 12.1 Å². The summed E-state index contributed by atoms with van der Waals surface area (Å²) in [7, 11) is 0. The van der Waals surface area contributed by atoms with E-state index < -0.39 is 23.4 Å². The van der Waals surface area contributed by atoms with Gasteiger partial charge in [0.25, 0.3) is 0 Å². The maximum absolute atomic E-state index is 12.7. The van der Waals surface area contributed by atoms with E-state index in [0.717, 1.165) is 0 Å². The van der Waals surface area contributed by atoms with Crippen molar-refractivity contribution in [2.75, 3.05) is 31.1 Å². The van der Waals surface area contributed by atoms with E-state index in [9.17, 15) is 18.0 Å². The van der Waals surface area contributed by atoms with Crippen LogP contribution in [-0.2, 0) is 6.18 Å². The summed E-state index contributed by atoms with van der Waals surface area (Å²) in [6, 6.07) is 1.72. The number of alkyl halides is 3. The van der Waals surface area contributed by atoms with E-state index >= 15 is 0 Å². The molecule has 0 amide bonds. The van der Waals surface area contributed by atoms with Gasteiger partial charge < -0.3 is 15.3 Å². The lowest BCUT2D eigenvalue weighted by Crippen LogP contribution is -2.44. The molecule has 19 heavy (non-hydrogen) atoms. The van der Waals surface area contributed by atoms with Gasteiger partial charge in [-0.3, -0.25) is 0 Å². The number of aromatic nitrogens is 1. The van der Waals surface area contributed by atoms with Gasteiger partial charge in [0.15, 0.2) is 0 Å². The summed E-state index contributed by atoms with van der Waals surface area (Å²) >= 11 is 0. The van der Waals surface area contributed by atoms with E-state index in [1.54, 1.807) is 4.90 Å². The van der Waals surface area contributed by atoms with E-state index in [4.69, 9.17) is 5.11 Å². The first kappa shape index (κ1) is 13.6. The summed E-state index contributed by atoms with van der Waals surface area (Å²) in [5.74, 6) is -1.35. The molecular weight excluding hydrogens is 263 g/mol. The Morgan fingerprint density at radius 2 is 1.95 bits per heavy atom. The third-order valence-corrected chi connectivity index (χ3v) is 2.79. The van der Waals surface area contributed by atoms with Crippen LogP contribution >= 0.6 is 0 Å². The van der Waals surface area contributed by atoms with Gasteiger partial charge in [0.2, 0.25) is 0 Å². The molecule has 0 unspecified atom stereocenters. The first-order chi connectivity index (χ1) is 8.88. The summed E-state index contributed by atoms with van der Waals surface area (Å²) in [6.07, 6.45) is -4.66. The van der Waals surface area contributed by atoms with Gasteiger partial charge in [-0.05, 0) is 12.1 Å². The third-order valence-electron chi connectivity index (χ3n) is 2.79. The summed E-state index contributed by atoms with van der Waals surface area (Å²) in [6.45, 7) is 2.24. The molecule has 1 aromatic rings. The minimum absolute atomic E-state index is 0.0497. The summed E-state index contributed by atoms with van der Waals surface area (Å²) in [5.41, 5.74) is -1.59. The molecular formula is C11H12F3N3O2. The second-order valence-corrected chi connectivity index (χ2v) is 4.14. The number of nitrogens with one attached hydrogen (secondary N) is 1. The number of halogens is 3. The molecule has 1 aliphatic heterocycles. The largest absolute Gasteiger partial charge is 0.478 e. The van der Waals surface area contributed by atoms with E-state index in [1.165, 1.54) is 6.07 Å². The fourth-order valence-corrected chi connectivity index (χ4v) is 1.84. The van der Waals surface area contributed by atoms with E-state index in [0.29, 0.717) is 32.2 Å². The minimum Gasteiger partial charge on any atom is -0.478 e. The molecule has 2 heterocycles. The Kier molecular flexibility index (Phi) is 3.61. The zero-order valence-electron chi connectivity index (χ0n) is 9.87. The Bertz CT molecular complexity index is 485. The maximum Gasteiger partial charge on any atom is 0.433 e. The van der Waals surface area contributed by atoms with Crippen LogP contribution in [0.25, 0.3) is 0 Å². The third kappa shape index (κ3) is 3.14. The normalized spacial score (nSPS) is 16.5. The van der Waals surface area contributed by atoms with E-state index in [2.05, 4.69) is 10.3 Å². The fraction of sp³-hybridized carbons (Fsp3) is 0.455. The van der Waals surface area contributed by atoms with Crippen LogP contribution < -0.4 is 10.2 Å². The number of carboxylic acid groups (broad SMARTS) is 1. The number of rotatable bonds is 2. The molecule has 0 aliphatic carbocycles. The van der Waals surface area contributed by atoms with Crippen molar-refractivity contribution in [3.63, 3.8) is 0 Å². The average Bonchev–Trinajstić information content (AvgIpc) is 2.38. The maximum atomic E-state index is 12.7. The van der Waals surface area contributed by atoms with E-state index in [-0.39, 0.29) is 5.82 Å². The summed E-state index contributed by atoms with van der Waals surface area (Å²) in [4.78, 5) is 16.0. The molecule has 1 aliphatic rings. The summed E-state index contributed by atoms with van der Waals surface area (Å²) < 4.78 is 38.1. The highest BCUT2D eigenvalue weighted by atomic mass is 19.4. The van der Waals surface area contributed by atoms with Gasteiger partial charge in [-0.25, -0.2) is 9.78 Å². The van der Waals surface area contributed by atoms with Crippen molar-refractivity contribution in [2.24, 2.45) is 0 Å². The van der Waals surface area contributed by atoms with Gasteiger partial charge >= 0.3 is 12.1 Å². The van der Waals surface area contributed by atoms with Gasteiger partial charge in [-0.15, -0.1) is 0 Å². The molecule has 1 fully saturated rings. The number of hydrogen-bond acceptors (Lipinski definition) is 4. The number of anilines is 1. The lowest BCUT2D eigenvalue weighted by atomic mass is 10.2. The molecule has 0 spiro atoms. The highest BCUT2D eigenvalue weighted by molar-refractivity contribution is 5.88. The Morgan fingerprint density at radius 3 is 2.47 bits per heavy atom. The molecule has 2 rings (SSSR count). The van der Waals surface area contributed by atoms with Crippen molar-refractivity contribution in [1.82, 2.24) is 10.3 Å². The van der Waals surface area contributed by atoms with Gasteiger partial charge in [0.1, 0.15) is 11.5 Å². The Labute approximate surface area is 107 Å². The first-order valence-electron chi connectivity index (χ1n) is 5.66. The van der Waals surface area contributed by atoms with Crippen molar-refractivity contribution in [3.05, 3.63) is 23.4 Å². The zero-order chi connectivity index (χ0) is 14.0. The fourth-order valence-electron chi connectivity index (χ4n) is 1.84. The van der Waals surface area contributed by atoms with Crippen molar-refractivity contribution in [3.8, 4) is 0 Å². The lowest BCUT2D eigenvalue weighted by molar-refractivity contribution is -0.141. The lowest BCUT2D eigenvalue weighted by Gasteiger charge is -2.29. The van der Waals surface area contributed by atoms with Gasteiger partial charge in [-0.1, -0.05) is 0 Å². The smallest absolute Gasteiger partial charge is 0.433 e. The number of nitrogens with zero attached hydrogens (tertiary/aromatic N) is 2. The molecule has 0 atom stereocenters. The predicted molar refractivity (Wildman–Crippen MR) is 61.3 cm³/mol. The first-order valence-corrected chi connectivity index (χ1v) is 5.66. The van der Waals surface area contributed by atoms with Gasteiger partial charge in [-0.2, -0.15) is 13.2 Å². The van der Waals surface area contributed by atoms with Crippen LogP contribution in [0, 0.1) is 0 Å². The van der Waals surface area contributed by atoms with Crippen LogP contribution in [0.3, 0.4) is 0 Å². The number of hydrogen-bond donors (Lipinski definition) is 2. The van der Waals surface area contributed by atoms with Crippen molar-refractivity contribution < 1.29 is 23.1 Å². The molecule has 8 heteroatoms. The van der Waals surface area contributed by atoms with Crippen LogP contribution in [0.5, 0.6) is 0 Å². The Morgan fingerprint density at radius 1 is 1.32 bits per heavy atom. The summed E-state index contributed by atoms with van der Waals surface area (Å²) in [5, 5.41) is 11.9. The molecule has 1 saturated heterocycles. The standard InChI is InChI=1S/C11H12F3N3O2/c12-11(13,14)8-5-7(10(18)19)6-9(16-8)17-3-1-15-2-4-17/h5-6,15H,1-4H2,(H,18,19). The van der Waals surface area contributed by atoms with Crippen LogP contribution in [-0.4, -0.2) is 42.2 Å². The van der Waals surface area contributed by atoms with Crippen LogP contribution in [0.1, 0.15) is 16.1 Å². The topological polar surface area (TPSA) is 65.5 Å². The second-order valence-electron chi connectivity index (χ2n) is 4.14. The Hall–Kier alpha value is -1.83. The number of piperazine rings is 1. The zero-order valence-corrected chi connectivity index (χ0v) is 9.87. The molecule has 0 bridgehead atoms. The van der Waals surface area contributed by atoms with Gasteiger partial charge in [0.05, 0.1) is 5.56 Å². The molecule has 104 valence electrons. The number of carboxylic acids is 1. The second kappa shape index (κ2) is 5.04. The van der Waals surface area contributed by atoms with Crippen LogP contribution in [0.2, 0.25) is 0 Å². The molecule has 0 saturated carbocycles. The quantitative estimate of drug-likeness (QED) is 0.849. The average molecular weight is 275 g/mol. The molecule has 1 aromatic heterocycles. The number of aromatic carboxylic acids is 1. The van der Waals surface area contributed by atoms with Gasteiger partial charge in [0, 0.05) is 26.2 Å². The highest BCUT2D eigenvalue weighted by Crippen LogP contribution is 2.30. The van der Waals surface area contributed by atoms with Crippen LogP contribution in [0.4, 0.5) is 19.0 Å². The highest BCUT2D eigenvalue weighted by Gasteiger charge is 2.34. The number of carbonyl (C=O) groups is 1. The van der Waals surface area contributed by atoms with Crippen molar-refractivity contribution in [2.45, 2.75) is 6.18 Å². The SMILES string of the molecule is O=C(O)c1cc(N2CCNCC2)nc(C(F)(F)F)c1. The van der Waals surface area contributed by atoms with E-state index in [1.807, 2.05) is 0 Å². The Balaban J connectivity index is 2.41. The number of pyridine rings is 1. The predicted octanol–water partition coefficient (Wildman–Crippen LogP) is 1.21. The van der Waals surface area contributed by atoms with Crippen molar-refractivity contribution in [1.29, 1.82) is 0 Å². The monoisotopic (exact) mass is 275 g/mol. The molecule has 5 nitrogen and oxygen atoms in total. The van der Waals surface area contributed by atoms with Crippen molar-refractivity contribution >= 4 is 11.8 Å². The molecule has 0 aromatic carbocycles. The molecule has 2 N–H and O–H groups in total. The minimum atomic E-state index is -4.66.